The second-order valence-electron chi connectivity index (χ2n) is 1.63. The Hall–Kier alpha value is 2.35. The molecule has 0 aromatic rings. The van der Waals surface area contributed by atoms with Gasteiger partial charge in [-0.15, -0.1) is 0 Å². The Labute approximate surface area is 113 Å². The molecule has 3 nitrogen and oxygen atoms in total. The number of rotatable bonds is 2. The third kappa shape index (κ3) is 15.1. The van der Waals surface area contributed by atoms with Crippen molar-refractivity contribution in [2.24, 2.45) is 0 Å². The first-order valence-electron chi connectivity index (χ1n) is 2.21. The van der Waals surface area contributed by atoms with Gasteiger partial charge >= 0.3 is 29.6 Å². The Kier molecular flexibility index (Phi) is 8.55. The van der Waals surface area contributed by atoms with Crippen LogP contribution in [0.1, 0.15) is 6.42 Å². The molecule has 0 radical (unpaired) electrons. The second kappa shape index (κ2) is 5.95. The Morgan fingerprint density at radius 2 is 1.64 bits per heavy atom. The SMILES string of the molecule is O=S(=O)([O-])CCC(Br)(Br)Br.[Na+]. The van der Waals surface area contributed by atoms with Gasteiger partial charge in [0.15, 0.2) is 0 Å². The maximum absolute atomic E-state index is 10.1. The number of hydrogen-bond acceptors (Lipinski definition) is 3. The van der Waals surface area contributed by atoms with E-state index in [-0.39, 0.29) is 36.0 Å². The minimum Gasteiger partial charge on any atom is -0.748 e. The zero-order chi connectivity index (χ0) is 8.41. The molecule has 0 N–H and O–H groups in total. The van der Waals surface area contributed by atoms with Gasteiger partial charge in [0.05, 0.1) is 10.1 Å². The Morgan fingerprint density at radius 1 is 1.27 bits per heavy atom. The molecule has 62 valence electrons. The van der Waals surface area contributed by atoms with Gasteiger partial charge in [-0.3, -0.25) is 0 Å². The maximum Gasteiger partial charge on any atom is 1.00 e. The van der Waals surface area contributed by atoms with Crippen molar-refractivity contribution in [1.82, 2.24) is 0 Å². The smallest absolute Gasteiger partial charge is 0.748 e. The van der Waals surface area contributed by atoms with Crippen LogP contribution in [0.15, 0.2) is 0 Å². The molecular formula is C3H4Br3NaO3S. The van der Waals surface area contributed by atoms with E-state index in [0.29, 0.717) is 0 Å². The van der Waals surface area contributed by atoms with Crippen molar-refractivity contribution in [3.05, 3.63) is 0 Å². The van der Waals surface area contributed by atoms with Crippen LogP contribution in [-0.4, -0.2) is 20.9 Å². The average molecular weight is 383 g/mol. The third-order valence-electron chi connectivity index (χ3n) is 0.636. The molecule has 0 aliphatic carbocycles. The summed E-state index contributed by atoms with van der Waals surface area (Å²) in [6.45, 7) is 0. The molecule has 0 aliphatic rings. The van der Waals surface area contributed by atoms with Crippen molar-refractivity contribution < 1.29 is 42.5 Å². The fourth-order valence-corrected chi connectivity index (χ4v) is 2.18. The molecule has 0 aromatic heterocycles. The molecule has 0 unspecified atom stereocenters. The molecule has 0 fully saturated rings. The van der Waals surface area contributed by atoms with Gasteiger partial charge < -0.3 is 4.55 Å². The van der Waals surface area contributed by atoms with Gasteiger partial charge in [-0.05, 0) is 6.42 Å². The van der Waals surface area contributed by atoms with Gasteiger partial charge in [0.2, 0.25) is 0 Å². The molecule has 0 rings (SSSR count). The fraction of sp³-hybridized carbons (Fsp3) is 1.00. The fourth-order valence-electron chi connectivity index (χ4n) is 0.241. The minimum atomic E-state index is -4.10. The predicted octanol–water partition coefficient (Wildman–Crippen LogP) is -1.24. The van der Waals surface area contributed by atoms with Gasteiger partial charge in [0, 0.05) is 5.75 Å². The monoisotopic (exact) mass is 380 g/mol. The van der Waals surface area contributed by atoms with Gasteiger partial charge in [-0.25, -0.2) is 8.42 Å². The van der Waals surface area contributed by atoms with Crippen LogP contribution in [0.25, 0.3) is 0 Å². The molecule has 11 heavy (non-hydrogen) atoms. The molecule has 0 amide bonds. The van der Waals surface area contributed by atoms with Crippen molar-refractivity contribution >= 4 is 57.9 Å². The summed E-state index contributed by atoms with van der Waals surface area (Å²) in [4.78, 5) is 0. The first-order chi connectivity index (χ1) is 4.21. The summed E-state index contributed by atoms with van der Waals surface area (Å²) in [5, 5.41) is 0. The Balaban J connectivity index is 0. The summed E-state index contributed by atoms with van der Waals surface area (Å²) >= 11 is 9.18. The van der Waals surface area contributed by atoms with Crippen LogP contribution in [0, 0.1) is 0 Å². The van der Waals surface area contributed by atoms with Crippen LogP contribution in [0.4, 0.5) is 0 Å². The predicted molar refractivity (Wildman–Crippen MR) is 48.7 cm³/mol. The molecule has 8 heteroatoms. The van der Waals surface area contributed by atoms with Crippen LogP contribution < -0.4 is 29.6 Å². The topological polar surface area (TPSA) is 57.2 Å². The maximum atomic E-state index is 10.1. The Bertz CT molecular complexity index is 196. The molecule has 0 aliphatic heterocycles. The first kappa shape index (κ1) is 15.8. The second-order valence-corrected chi connectivity index (χ2v) is 10.4. The van der Waals surface area contributed by atoms with Gasteiger partial charge in [-0.1, -0.05) is 47.8 Å². The molecular weight excluding hydrogens is 379 g/mol. The van der Waals surface area contributed by atoms with E-state index in [2.05, 4.69) is 47.8 Å². The number of hydrogen-bond donors (Lipinski definition) is 0. The van der Waals surface area contributed by atoms with Crippen molar-refractivity contribution in [2.45, 2.75) is 8.56 Å². The van der Waals surface area contributed by atoms with Gasteiger partial charge in [0.1, 0.15) is 2.14 Å². The van der Waals surface area contributed by atoms with Crippen molar-refractivity contribution in [1.29, 1.82) is 0 Å². The standard InChI is InChI=1S/C3H5Br3O3S.Na/c4-3(5,6)1-2-10(7,8)9;/h1-2H2,(H,7,8,9);/q;+1/p-1. The average Bonchev–Trinajstić information content (AvgIpc) is 1.57. The van der Waals surface area contributed by atoms with E-state index in [9.17, 15) is 13.0 Å². The summed E-state index contributed by atoms with van der Waals surface area (Å²) in [6, 6.07) is 0. The molecule has 0 atom stereocenters. The van der Waals surface area contributed by atoms with Crippen LogP contribution in [0.3, 0.4) is 0 Å². The van der Waals surface area contributed by atoms with E-state index in [1.807, 2.05) is 0 Å². The Morgan fingerprint density at radius 3 is 1.73 bits per heavy atom. The normalized spacial score (nSPS) is 12.4. The molecule has 0 spiro atoms. The summed E-state index contributed by atoms with van der Waals surface area (Å²) in [6.07, 6.45) is 0.179. The van der Waals surface area contributed by atoms with Crippen LogP contribution in [0.2, 0.25) is 0 Å². The van der Waals surface area contributed by atoms with Crippen molar-refractivity contribution in [3.63, 3.8) is 0 Å². The summed E-state index contributed by atoms with van der Waals surface area (Å²) in [5.41, 5.74) is 0. The zero-order valence-corrected chi connectivity index (χ0v) is 13.3. The number of alkyl halides is 3. The van der Waals surface area contributed by atoms with E-state index < -0.39 is 18.0 Å². The largest absolute Gasteiger partial charge is 1.00 e. The van der Waals surface area contributed by atoms with Crippen LogP contribution in [-0.2, 0) is 10.1 Å². The minimum absolute atomic E-state index is 0. The summed E-state index contributed by atoms with van der Waals surface area (Å²) in [7, 11) is -4.10. The molecule has 0 bridgehead atoms. The van der Waals surface area contributed by atoms with Gasteiger partial charge in [-0.2, -0.15) is 0 Å². The van der Waals surface area contributed by atoms with Crippen molar-refractivity contribution in [3.8, 4) is 0 Å². The van der Waals surface area contributed by atoms with Crippen LogP contribution >= 0.6 is 47.8 Å². The van der Waals surface area contributed by atoms with Gasteiger partial charge in [0.25, 0.3) is 0 Å². The van der Waals surface area contributed by atoms with E-state index in [0.717, 1.165) is 0 Å². The summed E-state index contributed by atoms with van der Waals surface area (Å²) in [5.74, 6) is -0.394. The first-order valence-corrected chi connectivity index (χ1v) is 6.17. The van der Waals surface area contributed by atoms with E-state index >= 15 is 0 Å². The molecule has 0 aromatic carbocycles. The summed E-state index contributed by atoms with van der Waals surface area (Å²) < 4.78 is 29.5. The van der Waals surface area contributed by atoms with E-state index in [4.69, 9.17) is 0 Å². The number of halogens is 3. The molecule has 0 saturated heterocycles. The zero-order valence-electron chi connectivity index (χ0n) is 5.68. The molecule has 0 heterocycles. The van der Waals surface area contributed by atoms with Crippen LogP contribution in [0.5, 0.6) is 0 Å². The van der Waals surface area contributed by atoms with E-state index in [1.54, 1.807) is 0 Å². The third-order valence-corrected chi connectivity index (χ3v) is 2.53. The van der Waals surface area contributed by atoms with E-state index in [1.165, 1.54) is 0 Å². The quantitative estimate of drug-likeness (QED) is 0.341. The van der Waals surface area contributed by atoms with Crippen molar-refractivity contribution in [2.75, 3.05) is 5.75 Å². The molecule has 0 saturated carbocycles.